The van der Waals surface area contributed by atoms with Crippen LogP contribution < -0.4 is 0 Å². The predicted octanol–water partition coefficient (Wildman–Crippen LogP) is 2.60. The molecule has 0 radical (unpaired) electrons. The minimum Gasteiger partial charge on any atom is -0.297 e. The molecule has 4 heteroatoms. The minimum atomic E-state index is -0.381. The topological polar surface area (TPSA) is 33.2 Å². The molecule has 1 unspecified atom stereocenters. The summed E-state index contributed by atoms with van der Waals surface area (Å²) in [6.07, 6.45) is 1.27. The molecule has 0 spiro atoms. The molecule has 0 amide bonds. The first kappa shape index (κ1) is 14.3. The van der Waals surface area contributed by atoms with Gasteiger partial charge in [-0.1, -0.05) is 6.92 Å². The smallest absolute Gasteiger partial charge is 0.159 e. The van der Waals surface area contributed by atoms with Crippen molar-refractivity contribution in [3.63, 3.8) is 0 Å². The first-order valence-corrected chi connectivity index (χ1v) is 6.76. The molecule has 0 saturated carbocycles. The average molecular weight is 254 g/mol. The van der Waals surface area contributed by atoms with E-state index in [0.29, 0.717) is 6.42 Å². The van der Waals surface area contributed by atoms with Gasteiger partial charge in [-0.05, 0) is 41.3 Å². The summed E-state index contributed by atoms with van der Waals surface area (Å²) in [5, 5.41) is 0.937. The maximum atomic E-state index is 12.4. The SMILES string of the molecule is CCC(C)(C(=O)Cc1nc(C)c(C)s1)N(C)C. The molecule has 0 aromatic carbocycles. The second kappa shape index (κ2) is 5.27. The molecule has 1 atom stereocenters. The van der Waals surface area contributed by atoms with E-state index in [1.807, 2.05) is 39.8 Å². The van der Waals surface area contributed by atoms with Crippen molar-refractivity contribution in [3.8, 4) is 0 Å². The number of aromatic nitrogens is 1. The minimum absolute atomic E-state index is 0.249. The van der Waals surface area contributed by atoms with Gasteiger partial charge in [-0.15, -0.1) is 11.3 Å². The number of carbonyl (C=O) groups is 1. The number of nitrogens with zero attached hydrogens (tertiary/aromatic N) is 2. The molecule has 0 saturated heterocycles. The molecule has 1 aromatic heterocycles. The van der Waals surface area contributed by atoms with E-state index in [2.05, 4.69) is 11.9 Å². The summed E-state index contributed by atoms with van der Waals surface area (Å²) < 4.78 is 0. The highest BCUT2D eigenvalue weighted by atomic mass is 32.1. The molecular formula is C13H22N2OS. The van der Waals surface area contributed by atoms with Crippen LogP contribution in [0.4, 0.5) is 0 Å². The molecule has 0 aliphatic heterocycles. The van der Waals surface area contributed by atoms with Crippen LogP contribution in [0.5, 0.6) is 0 Å². The largest absolute Gasteiger partial charge is 0.297 e. The van der Waals surface area contributed by atoms with E-state index in [0.717, 1.165) is 17.1 Å². The number of hydrogen-bond donors (Lipinski definition) is 0. The van der Waals surface area contributed by atoms with Gasteiger partial charge in [0.25, 0.3) is 0 Å². The second-order valence-corrected chi connectivity index (χ2v) is 6.16. The van der Waals surface area contributed by atoms with Crippen molar-refractivity contribution in [2.75, 3.05) is 14.1 Å². The third-order valence-electron chi connectivity index (χ3n) is 3.66. The van der Waals surface area contributed by atoms with Gasteiger partial charge in [0.1, 0.15) is 5.01 Å². The van der Waals surface area contributed by atoms with Gasteiger partial charge in [-0.25, -0.2) is 4.98 Å². The van der Waals surface area contributed by atoms with Crippen molar-refractivity contribution in [1.29, 1.82) is 0 Å². The third kappa shape index (κ3) is 2.93. The van der Waals surface area contributed by atoms with Crippen LogP contribution in [0, 0.1) is 13.8 Å². The van der Waals surface area contributed by atoms with Crippen molar-refractivity contribution in [1.82, 2.24) is 9.88 Å². The molecule has 0 N–H and O–H groups in total. The summed E-state index contributed by atoms with van der Waals surface area (Å²) in [4.78, 5) is 20.0. The van der Waals surface area contributed by atoms with Crippen LogP contribution in [0.1, 0.15) is 35.8 Å². The van der Waals surface area contributed by atoms with Gasteiger partial charge in [-0.2, -0.15) is 0 Å². The van der Waals surface area contributed by atoms with Crippen molar-refractivity contribution in [3.05, 3.63) is 15.6 Å². The Morgan fingerprint density at radius 2 is 2.00 bits per heavy atom. The Morgan fingerprint density at radius 1 is 1.41 bits per heavy atom. The lowest BCUT2D eigenvalue weighted by molar-refractivity contribution is -0.128. The standard InChI is InChI=1S/C13H22N2OS/c1-7-13(4,15(5)6)11(16)8-12-14-9(2)10(3)17-12/h7-8H2,1-6H3. The van der Waals surface area contributed by atoms with Gasteiger partial charge in [0.05, 0.1) is 17.7 Å². The zero-order chi connectivity index (χ0) is 13.2. The normalized spacial score (nSPS) is 15.0. The molecule has 1 rings (SSSR count). The zero-order valence-electron chi connectivity index (χ0n) is 11.6. The third-order valence-corrected chi connectivity index (χ3v) is 4.73. The summed E-state index contributed by atoms with van der Waals surface area (Å²) >= 11 is 1.63. The van der Waals surface area contributed by atoms with Gasteiger partial charge in [0.15, 0.2) is 5.78 Å². The van der Waals surface area contributed by atoms with Crippen LogP contribution >= 0.6 is 11.3 Å². The van der Waals surface area contributed by atoms with Crippen molar-refractivity contribution < 1.29 is 4.79 Å². The average Bonchev–Trinajstić information content (AvgIpc) is 2.56. The zero-order valence-corrected chi connectivity index (χ0v) is 12.4. The van der Waals surface area contributed by atoms with Crippen LogP contribution in [0.25, 0.3) is 0 Å². The molecule has 0 aliphatic rings. The number of aryl methyl sites for hydroxylation is 2. The highest BCUT2D eigenvalue weighted by Gasteiger charge is 2.33. The lowest BCUT2D eigenvalue weighted by Crippen LogP contribution is -2.48. The Labute approximate surface area is 108 Å². The van der Waals surface area contributed by atoms with Crippen LogP contribution in [0.15, 0.2) is 0 Å². The quantitative estimate of drug-likeness (QED) is 0.810. The Balaban J connectivity index is 2.85. The Morgan fingerprint density at radius 3 is 2.35 bits per heavy atom. The van der Waals surface area contributed by atoms with Gasteiger partial charge in [0, 0.05) is 4.88 Å². The molecule has 96 valence electrons. The lowest BCUT2D eigenvalue weighted by atomic mass is 9.90. The van der Waals surface area contributed by atoms with E-state index in [-0.39, 0.29) is 11.3 Å². The highest BCUT2D eigenvalue weighted by molar-refractivity contribution is 7.11. The Hall–Kier alpha value is -0.740. The van der Waals surface area contributed by atoms with E-state index in [4.69, 9.17) is 0 Å². The maximum Gasteiger partial charge on any atom is 0.159 e. The van der Waals surface area contributed by atoms with Gasteiger partial charge >= 0.3 is 0 Å². The summed E-state index contributed by atoms with van der Waals surface area (Å²) in [5.41, 5.74) is 0.661. The van der Waals surface area contributed by atoms with Crippen LogP contribution in [0.3, 0.4) is 0 Å². The molecule has 0 fully saturated rings. The highest BCUT2D eigenvalue weighted by Crippen LogP contribution is 2.23. The molecule has 1 heterocycles. The molecular weight excluding hydrogens is 232 g/mol. The van der Waals surface area contributed by atoms with Crippen molar-refractivity contribution in [2.24, 2.45) is 0 Å². The monoisotopic (exact) mass is 254 g/mol. The first-order chi connectivity index (χ1) is 7.81. The van der Waals surface area contributed by atoms with Crippen LogP contribution in [0.2, 0.25) is 0 Å². The number of ketones is 1. The van der Waals surface area contributed by atoms with Gasteiger partial charge in [-0.3, -0.25) is 9.69 Å². The van der Waals surface area contributed by atoms with E-state index in [1.54, 1.807) is 11.3 Å². The fraction of sp³-hybridized carbons (Fsp3) is 0.692. The summed E-state index contributed by atoms with van der Waals surface area (Å²) in [6.45, 7) is 8.09. The summed E-state index contributed by atoms with van der Waals surface area (Å²) in [6, 6.07) is 0. The number of thiazole rings is 1. The number of hydrogen-bond acceptors (Lipinski definition) is 4. The molecule has 17 heavy (non-hydrogen) atoms. The number of Topliss-reactive ketones (excluding diaryl/α,β-unsaturated/α-hetero) is 1. The number of rotatable bonds is 5. The second-order valence-electron chi connectivity index (χ2n) is 4.87. The van der Waals surface area contributed by atoms with Crippen LogP contribution in [-0.2, 0) is 11.2 Å². The van der Waals surface area contributed by atoms with E-state index >= 15 is 0 Å². The van der Waals surface area contributed by atoms with E-state index < -0.39 is 0 Å². The molecule has 3 nitrogen and oxygen atoms in total. The summed E-state index contributed by atoms with van der Waals surface area (Å²) in [5.74, 6) is 0.249. The molecule has 1 aromatic rings. The number of likely N-dealkylation sites (N-methyl/N-ethyl adjacent to an activating group) is 1. The van der Waals surface area contributed by atoms with Crippen LogP contribution in [-0.4, -0.2) is 35.3 Å². The summed E-state index contributed by atoms with van der Waals surface area (Å²) in [7, 11) is 3.92. The maximum absolute atomic E-state index is 12.4. The molecule has 0 aliphatic carbocycles. The Bertz CT molecular complexity index is 392. The number of carbonyl (C=O) groups excluding carboxylic acids is 1. The fourth-order valence-electron chi connectivity index (χ4n) is 1.71. The fourth-order valence-corrected chi connectivity index (χ4v) is 2.64. The molecule has 0 bridgehead atoms. The predicted molar refractivity (Wildman–Crippen MR) is 72.7 cm³/mol. The van der Waals surface area contributed by atoms with Crippen molar-refractivity contribution >= 4 is 17.1 Å². The van der Waals surface area contributed by atoms with Gasteiger partial charge < -0.3 is 0 Å². The first-order valence-electron chi connectivity index (χ1n) is 5.95. The van der Waals surface area contributed by atoms with Gasteiger partial charge in [0.2, 0.25) is 0 Å². The lowest BCUT2D eigenvalue weighted by Gasteiger charge is -2.33. The Kier molecular flexibility index (Phi) is 4.44. The van der Waals surface area contributed by atoms with E-state index in [1.165, 1.54) is 4.88 Å². The van der Waals surface area contributed by atoms with Crippen molar-refractivity contribution in [2.45, 2.75) is 46.1 Å². The van der Waals surface area contributed by atoms with E-state index in [9.17, 15) is 4.79 Å².